The van der Waals surface area contributed by atoms with Crippen LogP contribution in [0.3, 0.4) is 0 Å². The lowest BCUT2D eigenvalue weighted by molar-refractivity contribution is -0.137. The summed E-state index contributed by atoms with van der Waals surface area (Å²) in [5.74, 6) is -2.09. The van der Waals surface area contributed by atoms with Gasteiger partial charge in [-0.05, 0) is 12.1 Å². The van der Waals surface area contributed by atoms with Gasteiger partial charge < -0.3 is 19.9 Å². The van der Waals surface area contributed by atoms with Gasteiger partial charge in [-0.3, -0.25) is 9.59 Å². The van der Waals surface area contributed by atoms with Crippen LogP contribution in [-0.4, -0.2) is 42.9 Å². The average molecular weight is 381 g/mol. The summed E-state index contributed by atoms with van der Waals surface area (Å²) in [6.07, 6.45) is 0. The number of thioether (sulfide) groups is 1. The van der Waals surface area contributed by atoms with Gasteiger partial charge in [0.05, 0.1) is 24.2 Å². The molecule has 0 radical (unpaired) electrons. The van der Waals surface area contributed by atoms with Crippen LogP contribution in [-0.2, 0) is 14.3 Å². The van der Waals surface area contributed by atoms with Crippen LogP contribution in [0.1, 0.15) is 20.0 Å². The highest BCUT2D eigenvalue weighted by atomic mass is 32.2. The first-order valence-electron chi connectivity index (χ1n) is 6.98. The van der Waals surface area contributed by atoms with Crippen LogP contribution >= 0.6 is 23.1 Å². The molecule has 1 heterocycles. The van der Waals surface area contributed by atoms with Crippen molar-refractivity contribution in [1.82, 2.24) is 0 Å². The Bertz CT molecular complexity index is 787. The van der Waals surface area contributed by atoms with Crippen molar-refractivity contribution in [3.8, 4) is 5.75 Å². The summed E-state index contributed by atoms with van der Waals surface area (Å²) in [6, 6.07) is 8.40. The van der Waals surface area contributed by atoms with Gasteiger partial charge in [0.15, 0.2) is 10.6 Å². The number of carbonyl (C=O) groups is 3. The number of ether oxygens (including phenoxy) is 2. The van der Waals surface area contributed by atoms with E-state index in [1.807, 2.05) is 0 Å². The maximum atomic E-state index is 12.3. The van der Waals surface area contributed by atoms with Crippen LogP contribution in [0, 0.1) is 0 Å². The lowest BCUT2D eigenvalue weighted by Crippen LogP contribution is -2.12. The molecule has 9 heteroatoms. The number of thiophene rings is 1. The molecule has 2 N–H and O–H groups in total. The van der Waals surface area contributed by atoms with E-state index < -0.39 is 23.6 Å². The number of hydrogen-bond donors (Lipinski definition) is 2. The lowest BCUT2D eigenvalue weighted by Gasteiger charge is -2.07. The molecule has 132 valence electrons. The molecule has 0 saturated heterocycles. The minimum absolute atomic E-state index is 0.0364. The molecule has 0 aliphatic carbocycles. The molecule has 7 nitrogen and oxygen atoms in total. The third-order valence-electron chi connectivity index (χ3n) is 3.04. The molecule has 2 aromatic rings. The monoisotopic (exact) mass is 381 g/mol. The van der Waals surface area contributed by atoms with E-state index in [-0.39, 0.29) is 16.3 Å². The van der Waals surface area contributed by atoms with Gasteiger partial charge in [-0.1, -0.05) is 18.2 Å². The largest absolute Gasteiger partial charge is 0.504 e. The molecule has 0 saturated carbocycles. The molecule has 25 heavy (non-hydrogen) atoms. The fourth-order valence-electron chi connectivity index (χ4n) is 1.80. The van der Waals surface area contributed by atoms with Crippen molar-refractivity contribution < 1.29 is 29.0 Å². The van der Waals surface area contributed by atoms with Crippen LogP contribution in [0.4, 0.5) is 5.69 Å². The minimum atomic E-state index is -0.734. The lowest BCUT2D eigenvalue weighted by atomic mass is 10.2. The first-order chi connectivity index (χ1) is 12.0. The Morgan fingerprint density at radius 1 is 1.16 bits per heavy atom. The molecule has 0 aliphatic rings. The van der Waals surface area contributed by atoms with Crippen LogP contribution in [0.25, 0.3) is 0 Å². The highest BCUT2D eigenvalue weighted by Gasteiger charge is 2.25. The summed E-state index contributed by atoms with van der Waals surface area (Å²) in [5.41, 5.74) is 0.449. The van der Waals surface area contributed by atoms with E-state index in [9.17, 15) is 19.5 Å². The van der Waals surface area contributed by atoms with Crippen LogP contribution < -0.4 is 5.32 Å². The summed E-state index contributed by atoms with van der Waals surface area (Å²) in [5, 5.41) is 12.9. The first kappa shape index (κ1) is 18.8. The molecule has 1 aromatic heterocycles. The Kier molecular flexibility index (Phi) is 6.43. The van der Waals surface area contributed by atoms with Gasteiger partial charge in [-0.15, -0.1) is 23.1 Å². The second-order valence-electron chi connectivity index (χ2n) is 4.62. The van der Waals surface area contributed by atoms with Crippen molar-refractivity contribution in [3.05, 3.63) is 40.8 Å². The molecule has 0 fully saturated rings. The highest BCUT2D eigenvalue weighted by molar-refractivity contribution is 8.02. The molecular weight excluding hydrogens is 366 g/mol. The zero-order valence-corrected chi connectivity index (χ0v) is 15.0. The quantitative estimate of drug-likeness (QED) is 0.586. The van der Waals surface area contributed by atoms with Crippen molar-refractivity contribution in [3.63, 3.8) is 0 Å². The van der Waals surface area contributed by atoms with E-state index in [1.54, 1.807) is 30.3 Å². The zero-order chi connectivity index (χ0) is 18.4. The standard InChI is InChI=1S/C16H15NO6S2/c1-22-10(18)8-24-16-11(12(19)13(25-16)15(21)23-2)17-14(20)9-6-4-3-5-7-9/h3-7,19H,8H2,1-2H3,(H,17,20). The number of aromatic hydroxyl groups is 1. The van der Waals surface area contributed by atoms with E-state index in [4.69, 9.17) is 0 Å². The fourth-order valence-corrected chi connectivity index (χ4v) is 3.93. The Labute approximate surface area is 151 Å². The van der Waals surface area contributed by atoms with Crippen LogP contribution in [0.15, 0.2) is 34.5 Å². The molecule has 1 aromatic carbocycles. The Balaban J connectivity index is 2.32. The molecule has 0 unspecified atom stereocenters. The Morgan fingerprint density at radius 3 is 2.44 bits per heavy atom. The number of amides is 1. The maximum absolute atomic E-state index is 12.3. The number of hydrogen-bond acceptors (Lipinski definition) is 8. The Hall–Kier alpha value is -2.52. The molecule has 0 atom stereocenters. The van der Waals surface area contributed by atoms with Gasteiger partial charge in [0.2, 0.25) is 0 Å². The SMILES string of the molecule is COC(=O)CSc1sc(C(=O)OC)c(O)c1NC(=O)c1ccccc1. The van der Waals surface area contributed by atoms with E-state index in [1.165, 1.54) is 14.2 Å². The Morgan fingerprint density at radius 2 is 1.84 bits per heavy atom. The number of carbonyl (C=O) groups excluding carboxylic acids is 3. The minimum Gasteiger partial charge on any atom is -0.504 e. The van der Waals surface area contributed by atoms with Crippen LogP contribution in [0.2, 0.25) is 0 Å². The smallest absolute Gasteiger partial charge is 0.352 e. The van der Waals surface area contributed by atoms with E-state index in [2.05, 4.69) is 14.8 Å². The van der Waals surface area contributed by atoms with Gasteiger partial charge >= 0.3 is 11.9 Å². The zero-order valence-electron chi connectivity index (χ0n) is 13.4. The molecule has 2 rings (SSSR count). The summed E-state index contributed by atoms with van der Waals surface area (Å²) < 4.78 is 9.59. The van der Waals surface area contributed by atoms with Crippen LogP contribution in [0.5, 0.6) is 5.75 Å². The highest BCUT2D eigenvalue weighted by Crippen LogP contribution is 2.45. The topological polar surface area (TPSA) is 102 Å². The predicted octanol–water partition coefficient (Wildman–Crippen LogP) is 2.76. The number of esters is 2. The van der Waals surface area contributed by atoms with E-state index in [0.717, 1.165) is 23.1 Å². The van der Waals surface area contributed by atoms with Crippen molar-refractivity contribution in [1.29, 1.82) is 0 Å². The first-order valence-corrected chi connectivity index (χ1v) is 8.78. The number of anilines is 1. The number of methoxy groups -OCH3 is 2. The maximum Gasteiger partial charge on any atom is 0.352 e. The second kappa shape index (κ2) is 8.54. The summed E-state index contributed by atoms with van der Waals surface area (Å²) in [6.45, 7) is 0. The summed E-state index contributed by atoms with van der Waals surface area (Å²) in [7, 11) is 2.44. The van der Waals surface area contributed by atoms with Gasteiger partial charge in [-0.2, -0.15) is 0 Å². The van der Waals surface area contributed by atoms with Gasteiger partial charge in [-0.25, -0.2) is 4.79 Å². The molecule has 0 bridgehead atoms. The summed E-state index contributed by atoms with van der Waals surface area (Å²) >= 11 is 1.97. The number of benzene rings is 1. The van der Waals surface area contributed by atoms with Gasteiger partial charge in [0.1, 0.15) is 5.69 Å². The summed E-state index contributed by atoms with van der Waals surface area (Å²) in [4.78, 5) is 35.4. The normalized spacial score (nSPS) is 10.2. The van der Waals surface area contributed by atoms with E-state index >= 15 is 0 Å². The third-order valence-corrected chi connectivity index (χ3v) is 5.45. The second-order valence-corrected chi connectivity index (χ2v) is 6.88. The number of rotatable bonds is 6. The van der Waals surface area contributed by atoms with Crippen molar-refractivity contribution >= 4 is 46.6 Å². The van der Waals surface area contributed by atoms with Gasteiger partial charge in [0.25, 0.3) is 5.91 Å². The van der Waals surface area contributed by atoms with Crippen molar-refractivity contribution in [2.24, 2.45) is 0 Å². The molecule has 0 aliphatic heterocycles. The average Bonchev–Trinajstić information content (AvgIpc) is 2.95. The van der Waals surface area contributed by atoms with E-state index in [0.29, 0.717) is 9.77 Å². The number of nitrogens with one attached hydrogen (secondary N) is 1. The third kappa shape index (κ3) is 4.52. The fraction of sp³-hybridized carbons (Fsp3) is 0.188. The molecular formula is C16H15NO6S2. The molecule has 0 spiro atoms. The van der Waals surface area contributed by atoms with Crippen molar-refractivity contribution in [2.45, 2.75) is 4.21 Å². The van der Waals surface area contributed by atoms with Gasteiger partial charge in [0, 0.05) is 5.56 Å². The predicted molar refractivity (Wildman–Crippen MR) is 94.5 cm³/mol. The van der Waals surface area contributed by atoms with Crippen molar-refractivity contribution in [2.75, 3.05) is 25.3 Å². The molecule has 1 amide bonds.